The zero-order valence-electron chi connectivity index (χ0n) is 13.7. The summed E-state index contributed by atoms with van der Waals surface area (Å²) in [6.07, 6.45) is 10.6. The number of rotatable bonds is 6. The number of H-pyrrole nitrogens is 2. The number of hydrogen-bond acceptors (Lipinski definition) is 3. The molecule has 7 heteroatoms. The van der Waals surface area contributed by atoms with E-state index in [1.54, 1.807) is 24.8 Å². The number of fused-ring (bicyclic) bond motifs is 2. The summed E-state index contributed by atoms with van der Waals surface area (Å²) in [4.78, 5) is 27.9. The van der Waals surface area contributed by atoms with Crippen molar-refractivity contribution in [2.24, 2.45) is 0 Å². The Hall–Kier alpha value is -2.37. The first-order valence-electron chi connectivity index (χ1n) is 8.22. The van der Waals surface area contributed by atoms with Crippen molar-refractivity contribution in [3.63, 3.8) is 0 Å². The maximum absolute atomic E-state index is 13.4. The second-order valence-corrected chi connectivity index (χ2v) is 6.76. The van der Waals surface area contributed by atoms with Crippen molar-refractivity contribution in [2.45, 2.75) is 11.8 Å². The van der Waals surface area contributed by atoms with Crippen LogP contribution in [0.3, 0.4) is 0 Å². The van der Waals surface area contributed by atoms with Gasteiger partial charge in [-0.15, -0.1) is 23.2 Å². The summed E-state index contributed by atoms with van der Waals surface area (Å²) in [5.74, 6) is -0.534. The van der Waals surface area contributed by atoms with Gasteiger partial charge in [-0.3, -0.25) is 14.8 Å². The van der Waals surface area contributed by atoms with Gasteiger partial charge in [-0.05, 0) is 23.3 Å². The number of alkyl halides is 2. The van der Waals surface area contributed by atoms with Crippen LogP contribution in [0.1, 0.15) is 23.0 Å². The summed E-state index contributed by atoms with van der Waals surface area (Å²) in [6, 6.07) is 3.78. The number of carbonyl (C=O) groups excluding carboxylic acids is 1. The van der Waals surface area contributed by atoms with Crippen molar-refractivity contribution >= 4 is 50.8 Å². The van der Waals surface area contributed by atoms with Gasteiger partial charge in [0.15, 0.2) is 0 Å². The van der Waals surface area contributed by atoms with Gasteiger partial charge in [-0.1, -0.05) is 0 Å². The smallest absolute Gasteiger partial charge is 0.150 e. The van der Waals surface area contributed by atoms with Crippen molar-refractivity contribution in [1.82, 2.24) is 19.9 Å². The van der Waals surface area contributed by atoms with Crippen LogP contribution in [-0.4, -0.2) is 37.5 Å². The third kappa shape index (κ3) is 2.77. The van der Waals surface area contributed by atoms with Crippen molar-refractivity contribution in [1.29, 1.82) is 0 Å². The first-order valence-corrected chi connectivity index (χ1v) is 9.29. The van der Waals surface area contributed by atoms with E-state index in [4.69, 9.17) is 23.2 Å². The van der Waals surface area contributed by atoms with Crippen LogP contribution >= 0.6 is 23.2 Å². The van der Waals surface area contributed by atoms with Gasteiger partial charge in [0, 0.05) is 47.3 Å². The Balaban J connectivity index is 1.76. The highest BCUT2D eigenvalue weighted by molar-refractivity contribution is 6.23. The van der Waals surface area contributed by atoms with Crippen LogP contribution in [0.5, 0.6) is 0 Å². The van der Waals surface area contributed by atoms with Gasteiger partial charge in [-0.25, -0.2) is 0 Å². The van der Waals surface area contributed by atoms with Crippen LogP contribution in [-0.2, 0) is 4.79 Å². The predicted octanol–water partition coefficient (Wildman–Crippen LogP) is 4.35. The number of pyridine rings is 2. The zero-order chi connectivity index (χ0) is 18.1. The molecular weight excluding hydrogens is 371 g/mol. The minimum absolute atomic E-state index is 0.00502. The average molecular weight is 387 g/mol. The fourth-order valence-electron chi connectivity index (χ4n) is 3.43. The molecule has 26 heavy (non-hydrogen) atoms. The molecule has 4 aromatic heterocycles. The van der Waals surface area contributed by atoms with Gasteiger partial charge in [0.25, 0.3) is 0 Å². The van der Waals surface area contributed by atoms with Crippen molar-refractivity contribution < 1.29 is 4.79 Å². The van der Waals surface area contributed by atoms with Gasteiger partial charge in [-0.2, -0.15) is 0 Å². The summed E-state index contributed by atoms with van der Waals surface area (Å²) in [6.45, 7) is 0. The number of aromatic nitrogens is 4. The maximum atomic E-state index is 13.4. The second kappa shape index (κ2) is 7.09. The Morgan fingerprint density at radius 2 is 1.35 bits per heavy atom. The molecule has 0 saturated heterocycles. The second-order valence-electron chi connectivity index (χ2n) is 6.15. The molecule has 0 fully saturated rings. The van der Waals surface area contributed by atoms with Gasteiger partial charge in [0.1, 0.15) is 5.78 Å². The van der Waals surface area contributed by atoms with E-state index in [1.165, 1.54) is 0 Å². The number of halogens is 2. The molecule has 5 nitrogen and oxygen atoms in total. The molecule has 0 aromatic carbocycles. The Bertz CT molecular complexity index is 987. The van der Waals surface area contributed by atoms with Crippen LogP contribution in [0, 0.1) is 0 Å². The van der Waals surface area contributed by atoms with Crippen LogP contribution in [0.4, 0.5) is 0 Å². The molecule has 132 valence electrons. The van der Waals surface area contributed by atoms with Crippen molar-refractivity contribution in [3.05, 3.63) is 60.4 Å². The Labute approximate surface area is 159 Å². The largest absolute Gasteiger partial charge is 0.360 e. The Kier molecular flexibility index (Phi) is 4.66. The van der Waals surface area contributed by atoms with Crippen LogP contribution in [0.25, 0.3) is 21.8 Å². The summed E-state index contributed by atoms with van der Waals surface area (Å²) < 4.78 is 0. The lowest BCUT2D eigenvalue weighted by Gasteiger charge is -2.19. The molecule has 2 atom stereocenters. The number of hydrogen-bond donors (Lipinski definition) is 2. The summed E-state index contributed by atoms with van der Waals surface area (Å²) in [5, 5.41) is 1.91. The first-order chi connectivity index (χ1) is 12.7. The third-order valence-corrected chi connectivity index (χ3v) is 5.39. The van der Waals surface area contributed by atoms with E-state index in [-0.39, 0.29) is 17.5 Å². The van der Waals surface area contributed by atoms with E-state index < -0.39 is 11.8 Å². The minimum Gasteiger partial charge on any atom is -0.360 e. The monoisotopic (exact) mass is 386 g/mol. The van der Waals surface area contributed by atoms with Gasteiger partial charge >= 0.3 is 0 Å². The minimum atomic E-state index is -0.455. The highest BCUT2D eigenvalue weighted by Gasteiger charge is 2.31. The van der Waals surface area contributed by atoms with E-state index >= 15 is 0 Å². The van der Waals surface area contributed by atoms with E-state index in [9.17, 15) is 4.79 Å². The topological polar surface area (TPSA) is 74.4 Å². The van der Waals surface area contributed by atoms with Crippen LogP contribution in [0.15, 0.2) is 49.3 Å². The maximum Gasteiger partial charge on any atom is 0.150 e. The number of carbonyl (C=O) groups is 1. The molecule has 0 bridgehead atoms. The molecule has 0 aliphatic carbocycles. The molecule has 0 radical (unpaired) electrons. The molecule has 0 spiro atoms. The fourth-order valence-corrected chi connectivity index (χ4v) is 4.07. The summed E-state index contributed by atoms with van der Waals surface area (Å²) >= 11 is 12.4. The molecule has 2 unspecified atom stereocenters. The lowest BCUT2D eigenvalue weighted by atomic mass is 9.85. The highest BCUT2D eigenvalue weighted by Crippen LogP contribution is 2.34. The summed E-state index contributed by atoms with van der Waals surface area (Å²) in [7, 11) is 0. The van der Waals surface area contributed by atoms with Gasteiger partial charge in [0.2, 0.25) is 0 Å². The van der Waals surface area contributed by atoms with Crippen molar-refractivity contribution in [2.75, 3.05) is 11.8 Å². The molecule has 4 aromatic rings. The van der Waals surface area contributed by atoms with E-state index in [2.05, 4.69) is 19.9 Å². The zero-order valence-corrected chi connectivity index (χ0v) is 15.3. The van der Waals surface area contributed by atoms with E-state index in [0.29, 0.717) is 0 Å². The highest BCUT2D eigenvalue weighted by atomic mass is 35.5. The number of ketones is 1. The number of aromatic amines is 2. The molecule has 0 amide bonds. The van der Waals surface area contributed by atoms with Crippen molar-refractivity contribution in [3.8, 4) is 0 Å². The predicted molar refractivity (Wildman–Crippen MR) is 104 cm³/mol. The first kappa shape index (κ1) is 17.1. The molecule has 4 heterocycles. The quantitative estimate of drug-likeness (QED) is 0.483. The summed E-state index contributed by atoms with van der Waals surface area (Å²) in [5.41, 5.74) is 3.51. The molecule has 0 saturated carbocycles. The number of nitrogens with one attached hydrogen (secondary N) is 2. The molecule has 0 aliphatic rings. The van der Waals surface area contributed by atoms with Gasteiger partial charge in [0.05, 0.1) is 35.3 Å². The molecule has 0 aliphatic heterocycles. The Morgan fingerprint density at radius 1 is 0.885 bits per heavy atom. The van der Waals surface area contributed by atoms with E-state index in [0.717, 1.165) is 32.9 Å². The third-order valence-electron chi connectivity index (χ3n) is 4.78. The lowest BCUT2D eigenvalue weighted by molar-refractivity contribution is -0.121. The molecule has 4 rings (SSSR count). The van der Waals surface area contributed by atoms with E-state index in [1.807, 2.05) is 24.5 Å². The Morgan fingerprint density at radius 3 is 1.77 bits per heavy atom. The normalized spacial score (nSPS) is 13.9. The number of Topliss-reactive ketones (excluding diaryl/α,β-unsaturated/α-hetero) is 1. The van der Waals surface area contributed by atoms with Crippen LogP contribution < -0.4 is 0 Å². The van der Waals surface area contributed by atoms with Crippen LogP contribution in [0.2, 0.25) is 0 Å². The molecule has 2 N–H and O–H groups in total. The fraction of sp³-hybridized carbons (Fsp3) is 0.211. The number of nitrogens with zero attached hydrogens (tertiary/aromatic N) is 2. The molecular formula is C19H16Cl2N4O. The average Bonchev–Trinajstić information content (AvgIpc) is 3.29. The standard InChI is InChI=1S/C19H16Cl2N4O/c20-5-13(15-7-24-17-9-22-3-1-11(15)17)19(26)14(6-21)16-8-25-18-10-23-4-2-12(16)18/h1-4,7-10,13-14,24-25H,5-6H2. The lowest BCUT2D eigenvalue weighted by Crippen LogP contribution is -2.23. The van der Waals surface area contributed by atoms with Gasteiger partial charge < -0.3 is 9.97 Å². The SMILES string of the molecule is O=C(C(CCl)c1c[nH]c2cnccc12)C(CCl)c1c[nH]c2cnccc12.